The van der Waals surface area contributed by atoms with E-state index in [1.165, 1.54) is 16.5 Å². The third-order valence-electron chi connectivity index (χ3n) is 3.75. The monoisotopic (exact) mass is 313 g/mol. The van der Waals surface area contributed by atoms with Crippen LogP contribution in [0.3, 0.4) is 0 Å². The molecule has 114 valence electrons. The number of para-hydroxylation sites is 1. The molecule has 1 amide bonds. The molecule has 2 heterocycles. The van der Waals surface area contributed by atoms with Crippen molar-refractivity contribution < 1.29 is 4.79 Å². The van der Waals surface area contributed by atoms with Gasteiger partial charge in [0.25, 0.3) is 0 Å². The molecule has 0 spiro atoms. The van der Waals surface area contributed by atoms with E-state index in [2.05, 4.69) is 33.2 Å². The maximum absolute atomic E-state index is 12.0. The van der Waals surface area contributed by atoms with E-state index in [1.807, 2.05) is 24.6 Å². The number of hydrogen-bond acceptors (Lipinski definition) is 3. The van der Waals surface area contributed by atoms with Crippen LogP contribution in [0.4, 0.5) is 0 Å². The maximum Gasteiger partial charge on any atom is 0.220 e. The number of aryl methyl sites for hydroxylation is 2. The van der Waals surface area contributed by atoms with Crippen LogP contribution in [0.2, 0.25) is 0 Å². The van der Waals surface area contributed by atoms with Gasteiger partial charge in [-0.25, -0.2) is 4.98 Å². The number of nitrogens with zero attached hydrogens (tertiary/aromatic N) is 2. The van der Waals surface area contributed by atoms with Crippen LogP contribution in [0.25, 0.3) is 10.9 Å². The van der Waals surface area contributed by atoms with Crippen molar-refractivity contribution in [1.82, 2.24) is 14.9 Å². The third kappa shape index (κ3) is 3.36. The molecular formula is C17H19N3OS. The summed E-state index contributed by atoms with van der Waals surface area (Å²) in [5.41, 5.74) is 2.44. The van der Waals surface area contributed by atoms with E-state index < -0.39 is 0 Å². The first-order valence-electron chi connectivity index (χ1n) is 7.42. The Kier molecular flexibility index (Phi) is 4.53. The molecular weight excluding hydrogens is 294 g/mol. The van der Waals surface area contributed by atoms with Crippen molar-refractivity contribution in [1.29, 1.82) is 0 Å². The van der Waals surface area contributed by atoms with Crippen LogP contribution in [0, 0.1) is 0 Å². The molecule has 3 aromatic rings. The molecule has 1 N–H and O–H groups in total. The molecule has 1 aromatic carbocycles. The summed E-state index contributed by atoms with van der Waals surface area (Å²) < 4.78 is 2.12. The van der Waals surface area contributed by atoms with E-state index in [1.54, 1.807) is 17.5 Å². The summed E-state index contributed by atoms with van der Waals surface area (Å²) >= 11 is 1.62. The topological polar surface area (TPSA) is 46.9 Å². The van der Waals surface area contributed by atoms with Crippen molar-refractivity contribution in [2.45, 2.75) is 19.3 Å². The number of carbonyl (C=O) groups is 1. The number of benzene rings is 1. The fraction of sp³-hybridized carbons (Fsp3) is 0.294. The summed E-state index contributed by atoms with van der Waals surface area (Å²) in [4.78, 5) is 16.2. The SMILES string of the molecule is Cn1cc(CCC(=O)NCCc2nccs2)c2ccccc21. The summed E-state index contributed by atoms with van der Waals surface area (Å²) in [6.07, 6.45) is 6.00. The van der Waals surface area contributed by atoms with Gasteiger partial charge >= 0.3 is 0 Å². The molecule has 22 heavy (non-hydrogen) atoms. The lowest BCUT2D eigenvalue weighted by Crippen LogP contribution is -2.25. The van der Waals surface area contributed by atoms with E-state index >= 15 is 0 Å². The molecule has 5 heteroatoms. The highest BCUT2D eigenvalue weighted by molar-refractivity contribution is 7.09. The normalized spacial score (nSPS) is 11.0. The highest BCUT2D eigenvalue weighted by atomic mass is 32.1. The molecule has 0 fully saturated rings. The number of fused-ring (bicyclic) bond motifs is 1. The second-order valence-electron chi connectivity index (χ2n) is 5.31. The van der Waals surface area contributed by atoms with Crippen LogP contribution in [0.1, 0.15) is 17.0 Å². The van der Waals surface area contributed by atoms with E-state index in [9.17, 15) is 4.79 Å². The van der Waals surface area contributed by atoms with Crippen molar-refractivity contribution in [2.75, 3.05) is 6.54 Å². The van der Waals surface area contributed by atoms with E-state index in [0.29, 0.717) is 13.0 Å². The number of hydrogen-bond donors (Lipinski definition) is 1. The van der Waals surface area contributed by atoms with Gasteiger partial charge < -0.3 is 9.88 Å². The fourth-order valence-corrected chi connectivity index (χ4v) is 3.27. The van der Waals surface area contributed by atoms with Crippen LogP contribution < -0.4 is 5.32 Å². The van der Waals surface area contributed by atoms with Crippen molar-refractivity contribution in [2.24, 2.45) is 7.05 Å². The molecule has 0 bridgehead atoms. The van der Waals surface area contributed by atoms with Gasteiger partial charge in [0.15, 0.2) is 0 Å². The Hall–Kier alpha value is -2.14. The molecule has 2 aromatic heterocycles. The number of amides is 1. The molecule has 4 nitrogen and oxygen atoms in total. The first kappa shape index (κ1) is 14.8. The highest BCUT2D eigenvalue weighted by Crippen LogP contribution is 2.21. The van der Waals surface area contributed by atoms with Crippen molar-refractivity contribution >= 4 is 28.1 Å². The zero-order chi connectivity index (χ0) is 15.4. The molecule has 3 rings (SSSR count). The lowest BCUT2D eigenvalue weighted by molar-refractivity contribution is -0.121. The lowest BCUT2D eigenvalue weighted by Gasteiger charge is -2.03. The number of thiazole rings is 1. The van der Waals surface area contributed by atoms with Gasteiger partial charge in [-0.3, -0.25) is 4.79 Å². The predicted molar refractivity (Wildman–Crippen MR) is 90.1 cm³/mol. The molecule has 0 atom stereocenters. The maximum atomic E-state index is 12.0. The van der Waals surface area contributed by atoms with Gasteiger partial charge in [-0.1, -0.05) is 18.2 Å². The van der Waals surface area contributed by atoms with Crippen molar-refractivity contribution in [3.63, 3.8) is 0 Å². The largest absolute Gasteiger partial charge is 0.356 e. The Morgan fingerprint density at radius 1 is 1.32 bits per heavy atom. The zero-order valence-corrected chi connectivity index (χ0v) is 13.4. The van der Waals surface area contributed by atoms with Gasteiger partial charge in [-0.15, -0.1) is 11.3 Å². The zero-order valence-electron chi connectivity index (χ0n) is 12.6. The second kappa shape index (κ2) is 6.75. The molecule has 0 radical (unpaired) electrons. The van der Waals surface area contributed by atoms with Crippen molar-refractivity contribution in [3.8, 4) is 0 Å². The van der Waals surface area contributed by atoms with Crippen LogP contribution >= 0.6 is 11.3 Å². The van der Waals surface area contributed by atoms with Crippen LogP contribution in [0.15, 0.2) is 42.0 Å². The average Bonchev–Trinajstić information content (AvgIpc) is 3.14. The first-order chi connectivity index (χ1) is 10.7. The fourth-order valence-electron chi connectivity index (χ4n) is 2.65. The van der Waals surface area contributed by atoms with Gasteiger partial charge in [-0.05, 0) is 18.1 Å². The van der Waals surface area contributed by atoms with Gasteiger partial charge in [0.1, 0.15) is 0 Å². The van der Waals surface area contributed by atoms with Gasteiger partial charge in [0.05, 0.1) is 5.01 Å². The highest BCUT2D eigenvalue weighted by Gasteiger charge is 2.08. The second-order valence-corrected chi connectivity index (χ2v) is 6.29. The molecule has 0 aliphatic heterocycles. The summed E-state index contributed by atoms with van der Waals surface area (Å²) in [5, 5.41) is 7.22. The number of nitrogens with one attached hydrogen (secondary N) is 1. The van der Waals surface area contributed by atoms with Crippen LogP contribution in [-0.4, -0.2) is 22.0 Å². The summed E-state index contributed by atoms with van der Waals surface area (Å²) in [7, 11) is 2.04. The Bertz CT molecular complexity index is 761. The minimum absolute atomic E-state index is 0.101. The Morgan fingerprint density at radius 2 is 2.18 bits per heavy atom. The van der Waals surface area contributed by atoms with Gasteiger partial charge in [0, 0.05) is 55.1 Å². The van der Waals surface area contributed by atoms with Crippen LogP contribution in [0.5, 0.6) is 0 Å². The quantitative estimate of drug-likeness (QED) is 0.760. The summed E-state index contributed by atoms with van der Waals surface area (Å²) in [6, 6.07) is 8.30. The molecule has 0 saturated carbocycles. The lowest BCUT2D eigenvalue weighted by atomic mass is 10.1. The number of carbonyl (C=O) groups excluding carboxylic acids is 1. The predicted octanol–water partition coefficient (Wildman–Crippen LogP) is 2.93. The smallest absolute Gasteiger partial charge is 0.220 e. The van der Waals surface area contributed by atoms with E-state index in [-0.39, 0.29) is 5.91 Å². The third-order valence-corrected chi connectivity index (χ3v) is 4.58. The molecule has 0 saturated heterocycles. The van der Waals surface area contributed by atoms with Gasteiger partial charge in [-0.2, -0.15) is 0 Å². The molecule has 0 aliphatic carbocycles. The van der Waals surface area contributed by atoms with Gasteiger partial charge in [0.2, 0.25) is 5.91 Å². The standard InChI is InChI=1S/C17H19N3OS/c1-20-12-13(14-4-2-3-5-15(14)20)6-7-16(21)18-9-8-17-19-10-11-22-17/h2-5,10-12H,6-9H2,1H3,(H,18,21). The first-order valence-corrected chi connectivity index (χ1v) is 8.30. The molecule has 0 aliphatic rings. The Labute approximate surface area is 133 Å². The average molecular weight is 313 g/mol. The van der Waals surface area contributed by atoms with E-state index in [4.69, 9.17) is 0 Å². The minimum atomic E-state index is 0.101. The summed E-state index contributed by atoms with van der Waals surface area (Å²) in [5.74, 6) is 0.101. The van der Waals surface area contributed by atoms with E-state index in [0.717, 1.165) is 17.8 Å². The Morgan fingerprint density at radius 3 is 3.00 bits per heavy atom. The van der Waals surface area contributed by atoms with Crippen LogP contribution in [-0.2, 0) is 24.7 Å². The minimum Gasteiger partial charge on any atom is -0.356 e. The molecule has 0 unspecified atom stereocenters. The summed E-state index contributed by atoms with van der Waals surface area (Å²) in [6.45, 7) is 0.655. The number of rotatable bonds is 6. The van der Waals surface area contributed by atoms with Crippen molar-refractivity contribution in [3.05, 3.63) is 52.6 Å². The Balaban J connectivity index is 1.52. The number of aromatic nitrogens is 2.